The highest BCUT2D eigenvalue weighted by atomic mass is 16.3. The number of β-amino-alcohol motifs (C(OH)–C–C–N with tert-alkyl or cyclic N) is 1. The van der Waals surface area contributed by atoms with Crippen LogP contribution in [0.4, 0.5) is 0 Å². The van der Waals surface area contributed by atoms with Crippen molar-refractivity contribution in [2.24, 2.45) is 5.92 Å². The zero-order valence-corrected chi connectivity index (χ0v) is 6.88. The molecule has 0 bridgehead atoms. The standard InChI is InChI=1S/C8H17NO/c1-3-4-7-5-9(2)6-8(7)10/h7-8,10H,3-6H2,1-2H3/t7-,8-/m0/s1. The number of likely N-dealkylation sites (N-methyl/N-ethyl adjacent to an activating group) is 1. The summed E-state index contributed by atoms with van der Waals surface area (Å²) in [6.45, 7) is 4.12. The maximum Gasteiger partial charge on any atom is 0.0707 e. The van der Waals surface area contributed by atoms with Crippen LogP contribution in [-0.2, 0) is 0 Å². The van der Waals surface area contributed by atoms with Gasteiger partial charge in [0.25, 0.3) is 0 Å². The first-order valence-corrected chi connectivity index (χ1v) is 4.10. The van der Waals surface area contributed by atoms with Crippen molar-refractivity contribution in [3.05, 3.63) is 0 Å². The van der Waals surface area contributed by atoms with Crippen LogP contribution in [0.15, 0.2) is 0 Å². The molecule has 0 aromatic heterocycles. The summed E-state index contributed by atoms with van der Waals surface area (Å²) < 4.78 is 0. The molecule has 2 atom stereocenters. The lowest BCUT2D eigenvalue weighted by atomic mass is 10.0. The van der Waals surface area contributed by atoms with Gasteiger partial charge in [0.2, 0.25) is 0 Å². The fourth-order valence-corrected chi connectivity index (χ4v) is 1.72. The average Bonchev–Trinajstić information content (AvgIpc) is 2.13. The molecular weight excluding hydrogens is 126 g/mol. The number of nitrogens with zero attached hydrogens (tertiary/aromatic N) is 1. The molecule has 0 aromatic carbocycles. The number of hydrogen-bond donors (Lipinski definition) is 1. The molecule has 1 aliphatic heterocycles. The van der Waals surface area contributed by atoms with E-state index in [-0.39, 0.29) is 6.10 Å². The minimum absolute atomic E-state index is 0.0649. The summed E-state index contributed by atoms with van der Waals surface area (Å²) in [7, 11) is 2.07. The van der Waals surface area contributed by atoms with Crippen LogP contribution in [0, 0.1) is 5.92 Å². The van der Waals surface area contributed by atoms with E-state index in [2.05, 4.69) is 18.9 Å². The Morgan fingerprint density at radius 2 is 2.20 bits per heavy atom. The van der Waals surface area contributed by atoms with Gasteiger partial charge in [-0.1, -0.05) is 13.3 Å². The van der Waals surface area contributed by atoms with E-state index in [9.17, 15) is 5.11 Å². The van der Waals surface area contributed by atoms with Gasteiger partial charge in [-0.2, -0.15) is 0 Å². The lowest BCUT2D eigenvalue weighted by Crippen LogP contribution is -2.17. The van der Waals surface area contributed by atoms with Crippen molar-refractivity contribution in [3.8, 4) is 0 Å². The van der Waals surface area contributed by atoms with Crippen LogP contribution in [0.25, 0.3) is 0 Å². The summed E-state index contributed by atoms with van der Waals surface area (Å²) in [5, 5.41) is 9.45. The van der Waals surface area contributed by atoms with E-state index in [1.54, 1.807) is 0 Å². The monoisotopic (exact) mass is 143 g/mol. The van der Waals surface area contributed by atoms with Crippen LogP contribution < -0.4 is 0 Å². The molecule has 60 valence electrons. The van der Waals surface area contributed by atoms with Crippen molar-refractivity contribution in [2.45, 2.75) is 25.9 Å². The third-order valence-electron chi connectivity index (χ3n) is 2.25. The second kappa shape index (κ2) is 3.35. The summed E-state index contributed by atoms with van der Waals surface area (Å²) in [6, 6.07) is 0. The van der Waals surface area contributed by atoms with Gasteiger partial charge in [0, 0.05) is 13.1 Å². The molecule has 1 saturated heterocycles. The Morgan fingerprint density at radius 3 is 2.60 bits per heavy atom. The normalized spacial score (nSPS) is 35.1. The second-order valence-electron chi connectivity index (χ2n) is 3.34. The van der Waals surface area contributed by atoms with E-state index in [0.29, 0.717) is 5.92 Å². The summed E-state index contributed by atoms with van der Waals surface area (Å²) in [6.07, 6.45) is 2.30. The summed E-state index contributed by atoms with van der Waals surface area (Å²) in [5.41, 5.74) is 0. The van der Waals surface area contributed by atoms with Crippen molar-refractivity contribution in [1.82, 2.24) is 4.90 Å². The maximum atomic E-state index is 9.45. The molecule has 10 heavy (non-hydrogen) atoms. The Kier molecular flexibility index (Phi) is 2.69. The second-order valence-corrected chi connectivity index (χ2v) is 3.34. The first-order valence-electron chi connectivity index (χ1n) is 4.10. The van der Waals surface area contributed by atoms with Gasteiger partial charge in [0.15, 0.2) is 0 Å². The molecular formula is C8H17NO. The summed E-state index contributed by atoms with van der Waals surface area (Å²) in [4.78, 5) is 2.20. The highest BCUT2D eigenvalue weighted by Gasteiger charge is 2.27. The van der Waals surface area contributed by atoms with Crippen molar-refractivity contribution in [1.29, 1.82) is 0 Å². The molecule has 1 heterocycles. The smallest absolute Gasteiger partial charge is 0.0707 e. The van der Waals surface area contributed by atoms with E-state index in [1.807, 2.05) is 0 Å². The number of rotatable bonds is 2. The van der Waals surface area contributed by atoms with Crippen LogP contribution >= 0.6 is 0 Å². The van der Waals surface area contributed by atoms with Crippen LogP contribution in [0.1, 0.15) is 19.8 Å². The zero-order chi connectivity index (χ0) is 7.56. The highest BCUT2D eigenvalue weighted by molar-refractivity contribution is 4.80. The fourth-order valence-electron chi connectivity index (χ4n) is 1.72. The average molecular weight is 143 g/mol. The molecule has 0 unspecified atom stereocenters. The number of aliphatic hydroxyl groups excluding tert-OH is 1. The van der Waals surface area contributed by atoms with Crippen LogP contribution in [0.2, 0.25) is 0 Å². The Balaban J connectivity index is 2.31. The SMILES string of the molecule is CCC[C@H]1CN(C)C[C@@H]1O. The van der Waals surface area contributed by atoms with Crippen molar-refractivity contribution < 1.29 is 5.11 Å². The van der Waals surface area contributed by atoms with Gasteiger partial charge < -0.3 is 10.0 Å². The van der Waals surface area contributed by atoms with Crippen molar-refractivity contribution in [3.63, 3.8) is 0 Å². The summed E-state index contributed by atoms with van der Waals surface area (Å²) in [5.74, 6) is 0.537. The van der Waals surface area contributed by atoms with E-state index in [4.69, 9.17) is 0 Å². The first-order chi connectivity index (χ1) is 4.74. The van der Waals surface area contributed by atoms with Gasteiger partial charge >= 0.3 is 0 Å². The van der Waals surface area contributed by atoms with Gasteiger partial charge in [-0.25, -0.2) is 0 Å². The maximum absolute atomic E-state index is 9.45. The molecule has 1 aliphatic rings. The molecule has 1 fully saturated rings. The summed E-state index contributed by atoms with van der Waals surface area (Å²) >= 11 is 0. The lowest BCUT2D eigenvalue weighted by Gasteiger charge is -2.10. The Bertz CT molecular complexity index is 105. The predicted octanol–water partition coefficient (Wildman–Crippen LogP) is 0.709. The number of likely N-dealkylation sites (tertiary alicyclic amines) is 1. The zero-order valence-electron chi connectivity index (χ0n) is 6.88. The molecule has 0 amide bonds. The van der Waals surface area contributed by atoms with E-state index in [0.717, 1.165) is 13.1 Å². The number of aliphatic hydroxyl groups is 1. The van der Waals surface area contributed by atoms with E-state index < -0.39 is 0 Å². The Labute approximate surface area is 62.8 Å². The lowest BCUT2D eigenvalue weighted by molar-refractivity contribution is 0.139. The van der Waals surface area contributed by atoms with Gasteiger partial charge in [-0.05, 0) is 19.4 Å². The van der Waals surface area contributed by atoms with Gasteiger partial charge in [0.1, 0.15) is 0 Å². The minimum atomic E-state index is -0.0649. The number of hydrogen-bond acceptors (Lipinski definition) is 2. The molecule has 0 radical (unpaired) electrons. The molecule has 2 heteroatoms. The van der Waals surface area contributed by atoms with Crippen molar-refractivity contribution in [2.75, 3.05) is 20.1 Å². The third-order valence-corrected chi connectivity index (χ3v) is 2.25. The molecule has 1 rings (SSSR count). The van der Waals surface area contributed by atoms with Crippen LogP contribution in [-0.4, -0.2) is 36.2 Å². The van der Waals surface area contributed by atoms with Crippen LogP contribution in [0.5, 0.6) is 0 Å². The van der Waals surface area contributed by atoms with E-state index >= 15 is 0 Å². The largest absolute Gasteiger partial charge is 0.391 e. The highest BCUT2D eigenvalue weighted by Crippen LogP contribution is 2.19. The van der Waals surface area contributed by atoms with Gasteiger partial charge in [-0.3, -0.25) is 0 Å². The Morgan fingerprint density at radius 1 is 1.50 bits per heavy atom. The topological polar surface area (TPSA) is 23.5 Å². The van der Waals surface area contributed by atoms with Crippen LogP contribution in [0.3, 0.4) is 0 Å². The quantitative estimate of drug-likeness (QED) is 0.615. The van der Waals surface area contributed by atoms with Crippen molar-refractivity contribution >= 4 is 0 Å². The third kappa shape index (κ3) is 1.70. The Hall–Kier alpha value is -0.0800. The molecule has 0 aromatic rings. The molecule has 0 spiro atoms. The fraction of sp³-hybridized carbons (Fsp3) is 1.00. The molecule has 0 saturated carbocycles. The molecule has 2 nitrogen and oxygen atoms in total. The van der Waals surface area contributed by atoms with Gasteiger partial charge in [-0.15, -0.1) is 0 Å². The predicted molar refractivity (Wildman–Crippen MR) is 41.9 cm³/mol. The van der Waals surface area contributed by atoms with E-state index in [1.165, 1.54) is 12.8 Å². The van der Waals surface area contributed by atoms with Gasteiger partial charge in [0.05, 0.1) is 6.10 Å². The molecule has 1 N–H and O–H groups in total. The minimum Gasteiger partial charge on any atom is -0.391 e. The first kappa shape index (κ1) is 8.02. The molecule has 0 aliphatic carbocycles.